The molecule has 8 heteroatoms. The molecule has 0 radical (unpaired) electrons. The lowest BCUT2D eigenvalue weighted by molar-refractivity contribution is 0.577. The molecule has 0 saturated carbocycles. The Kier molecular flexibility index (Phi) is 4.99. The van der Waals surface area contributed by atoms with Gasteiger partial charge in [-0.15, -0.1) is 0 Å². The number of hydrogen-bond donors (Lipinski definition) is 2. The molecule has 0 aliphatic rings. The van der Waals surface area contributed by atoms with E-state index in [1.807, 2.05) is 9.13 Å². The summed E-state index contributed by atoms with van der Waals surface area (Å²) >= 11 is 0. The van der Waals surface area contributed by atoms with Crippen LogP contribution in [0, 0.1) is 11.6 Å². The predicted molar refractivity (Wildman–Crippen MR) is 109 cm³/mol. The molecule has 0 atom stereocenters. The van der Waals surface area contributed by atoms with Gasteiger partial charge >= 0.3 is 0 Å². The molecule has 2 aromatic heterocycles. The third-order valence-corrected chi connectivity index (χ3v) is 4.82. The molecule has 2 heterocycles. The van der Waals surface area contributed by atoms with Crippen molar-refractivity contribution in [3.8, 4) is 22.5 Å². The Morgan fingerprint density at radius 3 is 1.41 bits per heavy atom. The second-order valence-electron chi connectivity index (χ2n) is 6.67. The Bertz CT molecular complexity index is 1020. The fraction of sp³-hybridized carbons (Fsp3) is 0.143. The van der Waals surface area contributed by atoms with Crippen molar-refractivity contribution in [1.82, 2.24) is 19.1 Å². The molecule has 0 bridgehead atoms. The van der Waals surface area contributed by atoms with Crippen LogP contribution in [0.15, 0.2) is 60.9 Å². The molecule has 29 heavy (non-hydrogen) atoms. The molecule has 4 N–H and O–H groups in total. The summed E-state index contributed by atoms with van der Waals surface area (Å²) in [7, 11) is 0. The molecule has 0 aliphatic carbocycles. The number of anilines is 2. The molecule has 0 amide bonds. The third kappa shape index (κ3) is 3.82. The van der Waals surface area contributed by atoms with E-state index in [9.17, 15) is 8.78 Å². The summed E-state index contributed by atoms with van der Waals surface area (Å²) in [4.78, 5) is 8.38. The first-order valence-corrected chi connectivity index (χ1v) is 9.17. The van der Waals surface area contributed by atoms with Crippen LogP contribution >= 0.6 is 0 Å². The van der Waals surface area contributed by atoms with E-state index in [-0.39, 0.29) is 11.6 Å². The fourth-order valence-corrected chi connectivity index (χ4v) is 3.34. The van der Waals surface area contributed by atoms with Gasteiger partial charge in [-0.05, 0) is 55.0 Å². The molecule has 148 valence electrons. The highest BCUT2D eigenvalue weighted by molar-refractivity contribution is 5.62. The largest absolute Gasteiger partial charge is 0.369 e. The zero-order valence-electron chi connectivity index (χ0n) is 15.6. The second kappa shape index (κ2) is 7.75. The van der Waals surface area contributed by atoms with Gasteiger partial charge in [0.2, 0.25) is 11.9 Å². The monoisotopic (exact) mass is 394 g/mol. The van der Waals surface area contributed by atoms with Crippen molar-refractivity contribution in [2.24, 2.45) is 0 Å². The number of nitrogen functional groups attached to an aromatic ring is 2. The molecule has 0 aliphatic heterocycles. The maximum atomic E-state index is 13.2. The van der Waals surface area contributed by atoms with Crippen molar-refractivity contribution in [2.45, 2.75) is 19.5 Å². The van der Waals surface area contributed by atoms with Crippen molar-refractivity contribution < 1.29 is 8.78 Å². The van der Waals surface area contributed by atoms with E-state index in [4.69, 9.17) is 11.5 Å². The van der Waals surface area contributed by atoms with E-state index in [2.05, 4.69) is 9.97 Å². The molecule has 0 saturated heterocycles. The predicted octanol–water partition coefficient (Wildman–Crippen LogP) is 3.95. The molecular weight excluding hydrogens is 374 g/mol. The van der Waals surface area contributed by atoms with Gasteiger partial charge in [-0.1, -0.05) is 0 Å². The molecular formula is C21H20F2N6. The van der Waals surface area contributed by atoms with Gasteiger partial charge in [0.15, 0.2) is 0 Å². The lowest BCUT2D eigenvalue weighted by Crippen LogP contribution is -2.10. The van der Waals surface area contributed by atoms with Gasteiger partial charge in [0.05, 0.1) is 23.8 Å². The summed E-state index contributed by atoms with van der Waals surface area (Å²) in [5.41, 5.74) is 15.4. The molecule has 2 aromatic carbocycles. The molecule has 4 rings (SSSR count). The Hall–Kier alpha value is -3.68. The molecule has 0 unspecified atom stereocenters. The van der Waals surface area contributed by atoms with Crippen LogP contribution in [0.5, 0.6) is 0 Å². The third-order valence-electron chi connectivity index (χ3n) is 4.82. The minimum Gasteiger partial charge on any atom is -0.369 e. The van der Waals surface area contributed by atoms with E-state index in [0.717, 1.165) is 22.5 Å². The topological polar surface area (TPSA) is 87.7 Å². The minimum atomic E-state index is -0.295. The van der Waals surface area contributed by atoms with Crippen molar-refractivity contribution in [1.29, 1.82) is 0 Å². The van der Waals surface area contributed by atoms with Crippen molar-refractivity contribution in [3.05, 3.63) is 72.6 Å². The summed E-state index contributed by atoms with van der Waals surface area (Å²) in [6.45, 7) is 1.19. The number of nitrogens with two attached hydrogens (primary N) is 2. The number of aromatic nitrogens is 4. The Morgan fingerprint density at radius 2 is 1.03 bits per heavy atom. The molecule has 4 aromatic rings. The zero-order valence-corrected chi connectivity index (χ0v) is 15.6. The average molecular weight is 394 g/mol. The summed E-state index contributed by atoms with van der Waals surface area (Å²) < 4.78 is 30.2. The smallest absolute Gasteiger partial charge is 0.200 e. The Balaban J connectivity index is 1.52. The summed E-state index contributed by atoms with van der Waals surface area (Å²) in [6, 6.07) is 12.4. The number of nitrogens with zero attached hydrogens (tertiary/aromatic N) is 4. The summed E-state index contributed by atoms with van der Waals surface area (Å²) in [5.74, 6) is 0.191. The SMILES string of the molecule is Nc1ncc(-c2ccc(F)cc2)n1CCCn1c(-c2ccc(F)cc2)cnc1N. The van der Waals surface area contributed by atoms with Crippen molar-refractivity contribution in [2.75, 3.05) is 11.5 Å². The van der Waals surface area contributed by atoms with Crippen molar-refractivity contribution >= 4 is 11.9 Å². The zero-order chi connectivity index (χ0) is 20.4. The number of imidazole rings is 2. The molecule has 0 spiro atoms. The van der Waals surface area contributed by atoms with E-state index < -0.39 is 0 Å². The highest BCUT2D eigenvalue weighted by atomic mass is 19.1. The van der Waals surface area contributed by atoms with Crippen LogP contribution in [0.4, 0.5) is 20.7 Å². The van der Waals surface area contributed by atoms with Gasteiger partial charge in [-0.25, -0.2) is 18.7 Å². The standard InChI is InChI=1S/C21H20F2N6/c22-16-6-2-14(3-7-16)18-12-26-20(24)28(18)10-1-11-29-19(13-27-21(29)25)15-4-8-17(23)9-5-15/h2-9,12-13H,1,10-11H2,(H2,24,26)(H2,25,27). The van der Waals surface area contributed by atoms with Crippen LogP contribution < -0.4 is 11.5 Å². The number of benzene rings is 2. The average Bonchev–Trinajstić information content (AvgIpc) is 3.26. The van der Waals surface area contributed by atoms with Gasteiger partial charge in [0, 0.05) is 24.2 Å². The Labute approximate surface area is 166 Å². The Morgan fingerprint density at radius 1 is 0.655 bits per heavy atom. The van der Waals surface area contributed by atoms with E-state index in [1.165, 1.54) is 24.3 Å². The van der Waals surface area contributed by atoms with Gasteiger partial charge in [0.25, 0.3) is 0 Å². The van der Waals surface area contributed by atoms with E-state index in [1.54, 1.807) is 36.7 Å². The maximum Gasteiger partial charge on any atom is 0.200 e. The summed E-state index contributed by atoms with van der Waals surface area (Å²) in [6.07, 6.45) is 4.07. The number of halogens is 2. The highest BCUT2D eigenvalue weighted by Gasteiger charge is 2.12. The minimum absolute atomic E-state index is 0.295. The first-order valence-electron chi connectivity index (χ1n) is 9.17. The highest BCUT2D eigenvalue weighted by Crippen LogP contribution is 2.25. The lowest BCUT2D eigenvalue weighted by atomic mass is 10.1. The van der Waals surface area contributed by atoms with Gasteiger partial charge in [0.1, 0.15) is 11.6 Å². The van der Waals surface area contributed by atoms with Crippen LogP contribution in [0.25, 0.3) is 22.5 Å². The van der Waals surface area contributed by atoms with Crippen LogP contribution in [0.1, 0.15) is 6.42 Å². The van der Waals surface area contributed by atoms with E-state index in [0.29, 0.717) is 31.4 Å². The first kappa shape index (κ1) is 18.7. The maximum absolute atomic E-state index is 13.2. The number of hydrogen-bond acceptors (Lipinski definition) is 4. The summed E-state index contributed by atoms with van der Waals surface area (Å²) in [5, 5.41) is 0. The van der Waals surface area contributed by atoms with Crippen LogP contribution in [0.2, 0.25) is 0 Å². The second-order valence-corrected chi connectivity index (χ2v) is 6.67. The fourth-order valence-electron chi connectivity index (χ4n) is 3.34. The van der Waals surface area contributed by atoms with E-state index >= 15 is 0 Å². The molecule has 6 nitrogen and oxygen atoms in total. The van der Waals surface area contributed by atoms with Crippen molar-refractivity contribution in [3.63, 3.8) is 0 Å². The molecule has 0 fully saturated rings. The first-order chi connectivity index (χ1) is 14.0. The number of rotatable bonds is 6. The van der Waals surface area contributed by atoms with Crippen LogP contribution in [-0.2, 0) is 13.1 Å². The van der Waals surface area contributed by atoms with Crippen LogP contribution in [-0.4, -0.2) is 19.1 Å². The normalized spacial score (nSPS) is 11.1. The lowest BCUT2D eigenvalue weighted by Gasteiger charge is -2.13. The van der Waals surface area contributed by atoms with Crippen LogP contribution in [0.3, 0.4) is 0 Å². The quantitative estimate of drug-likeness (QED) is 0.518. The van der Waals surface area contributed by atoms with Gasteiger partial charge in [-0.2, -0.15) is 0 Å². The van der Waals surface area contributed by atoms with Gasteiger partial charge in [-0.3, -0.25) is 0 Å². The van der Waals surface area contributed by atoms with Gasteiger partial charge < -0.3 is 20.6 Å².